The summed E-state index contributed by atoms with van der Waals surface area (Å²) in [5.41, 5.74) is 3.28. The summed E-state index contributed by atoms with van der Waals surface area (Å²) in [7, 11) is 1.65. The number of carbonyl (C=O) groups is 2. The highest BCUT2D eigenvalue weighted by molar-refractivity contribution is 6.30. The van der Waals surface area contributed by atoms with Crippen molar-refractivity contribution in [2.45, 2.75) is 32.2 Å². The molecule has 1 fully saturated rings. The molecule has 6 nitrogen and oxygen atoms in total. The molecule has 180 valence electrons. The van der Waals surface area contributed by atoms with Gasteiger partial charge in [-0.05, 0) is 55.0 Å². The molecule has 2 amide bonds. The molecule has 0 unspecified atom stereocenters. The van der Waals surface area contributed by atoms with Crippen LogP contribution in [0.25, 0.3) is 10.9 Å². The average molecular weight is 482 g/mol. The zero-order valence-electron chi connectivity index (χ0n) is 19.6. The summed E-state index contributed by atoms with van der Waals surface area (Å²) < 4.78 is 5.16. The van der Waals surface area contributed by atoms with Crippen molar-refractivity contribution < 1.29 is 14.3 Å². The van der Waals surface area contributed by atoms with E-state index < -0.39 is 0 Å². The van der Waals surface area contributed by atoms with Crippen LogP contribution in [0, 0.1) is 5.92 Å². The minimum absolute atomic E-state index is 0.0405. The smallest absolute Gasteiger partial charge is 0.242 e. The van der Waals surface area contributed by atoms with E-state index in [1.165, 1.54) is 10.9 Å². The molecule has 34 heavy (non-hydrogen) atoms. The number of hydrogen-bond donors (Lipinski definition) is 1. The van der Waals surface area contributed by atoms with E-state index in [0.717, 1.165) is 36.8 Å². The third kappa shape index (κ3) is 6.39. The van der Waals surface area contributed by atoms with E-state index in [0.29, 0.717) is 31.3 Å². The molecule has 4 rings (SSSR count). The van der Waals surface area contributed by atoms with Crippen LogP contribution in [-0.4, -0.2) is 59.9 Å². The molecule has 0 atom stereocenters. The number of aromatic nitrogens is 1. The van der Waals surface area contributed by atoms with Crippen LogP contribution in [0.5, 0.6) is 0 Å². The quantitative estimate of drug-likeness (QED) is 0.382. The Morgan fingerprint density at radius 1 is 1.06 bits per heavy atom. The van der Waals surface area contributed by atoms with Crippen molar-refractivity contribution >= 4 is 34.3 Å². The second-order valence-electron chi connectivity index (χ2n) is 8.93. The van der Waals surface area contributed by atoms with E-state index in [1.54, 1.807) is 12.0 Å². The van der Waals surface area contributed by atoms with Gasteiger partial charge < -0.3 is 19.5 Å². The first-order valence-corrected chi connectivity index (χ1v) is 12.3. The number of aromatic amines is 1. The fourth-order valence-electron chi connectivity index (χ4n) is 4.21. The Labute approximate surface area is 205 Å². The van der Waals surface area contributed by atoms with E-state index in [-0.39, 0.29) is 24.3 Å². The number of fused-ring (bicyclic) bond motifs is 1. The van der Waals surface area contributed by atoms with Gasteiger partial charge in [0.05, 0.1) is 6.54 Å². The normalized spacial score (nSPS) is 13.2. The standard InChI is InChI=1S/C27H32ClN3O3/c1-34-16-4-14-31(27(33)21-9-10-21)19-26(32)30(18-20-7-11-23(28)12-8-20)15-13-22-17-29-25-6-3-2-5-24(22)25/h2-3,5-8,11-12,17,21,29H,4,9-10,13-16,18-19H2,1H3. The van der Waals surface area contributed by atoms with Gasteiger partial charge in [0.1, 0.15) is 0 Å². The van der Waals surface area contributed by atoms with Crippen LogP contribution in [0.4, 0.5) is 0 Å². The Balaban J connectivity index is 1.48. The fraction of sp³-hybridized carbons (Fsp3) is 0.407. The molecule has 1 N–H and O–H groups in total. The largest absolute Gasteiger partial charge is 0.385 e. The Kier molecular flexibility index (Phi) is 8.25. The lowest BCUT2D eigenvalue weighted by molar-refractivity contribution is -0.141. The van der Waals surface area contributed by atoms with Gasteiger partial charge in [-0.15, -0.1) is 0 Å². The number of nitrogens with zero attached hydrogens (tertiary/aromatic N) is 2. The highest BCUT2D eigenvalue weighted by Gasteiger charge is 2.34. The maximum Gasteiger partial charge on any atom is 0.242 e. The maximum absolute atomic E-state index is 13.5. The molecule has 1 saturated carbocycles. The predicted octanol–water partition coefficient (Wildman–Crippen LogP) is 4.67. The Morgan fingerprint density at radius 2 is 1.82 bits per heavy atom. The van der Waals surface area contributed by atoms with Gasteiger partial charge in [0.25, 0.3) is 0 Å². The van der Waals surface area contributed by atoms with Crippen molar-refractivity contribution in [3.8, 4) is 0 Å². The Bertz CT molecular complexity index is 1110. The lowest BCUT2D eigenvalue weighted by Crippen LogP contribution is -2.44. The molecular formula is C27H32ClN3O3. The van der Waals surface area contributed by atoms with Gasteiger partial charge >= 0.3 is 0 Å². The first-order valence-electron chi connectivity index (χ1n) is 11.9. The minimum atomic E-state index is -0.0405. The highest BCUT2D eigenvalue weighted by atomic mass is 35.5. The lowest BCUT2D eigenvalue weighted by atomic mass is 10.1. The number of nitrogens with one attached hydrogen (secondary N) is 1. The Hall–Kier alpha value is -2.83. The van der Waals surface area contributed by atoms with Crippen LogP contribution in [0.2, 0.25) is 5.02 Å². The monoisotopic (exact) mass is 481 g/mol. The van der Waals surface area contributed by atoms with Crippen LogP contribution in [0.3, 0.4) is 0 Å². The Morgan fingerprint density at radius 3 is 2.56 bits per heavy atom. The number of H-pyrrole nitrogens is 1. The van der Waals surface area contributed by atoms with Crippen LogP contribution < -0.4 is 0 Å². The first kappa shape index (κ1) is 24.3. The number of hydrogen-bond acceptors (Lipinski definition) is 3. The number of rotatable bonds is 12. The van der Waals surface area contributed by atoms with E-state index in [1.807, 2.05) is 47.5 Å². The molecule has 1 aromatic heterocycles. The number of amides is 2. The summed E-state index contributed by atoms with van der Waals surface area (Å²) in [6.07, 6.45) is 5.30. The number of methoxy groups -OCH3 is 1. The summed E-state index contributed by atoms with van der Waals surface area (Å²) in [5.74, 6) is 0.125. The van der Waals surface area contributed by atoms with Gasteiger partial charge in [0.15, 0.2) is 0 Å². The van der Waals surface area contributed by atoms with Crippen molar-refractivity contribution in [1.82, 2.24) is 14.8 Å². The van der Waals surface area contributed by atoms with Gasteiger partial charge in [0.2, 0.25) is 11.8 Å². The second kappa shape index (κ2) is 11.5. The van der Waals surface area contributed by atoms with Gasteiger partial charge in [0, 0.05) is 61.4 Å². The lowest BCUT2D eigenvalue weighted by Gasteiger charge is -2.28. The number of halogens is 1. The second-order valence-corrected chi connectivity index (χ2v) is 9.37. The summed E-state index contributed by atoms with van der Waals surface area (Å²) in [6, 6.07) is 15.8. The summed E-state index contributed by atoms with van der Waals surface area (Å²) in [5, 5.41) is 1.84. The first-order chi connectivity index (χ1) is 16.5. The zero-order chi connectivity index (χ0) is 23.9. The molecule has 0 aliphatic heterocycles. The predicted molar refractivity (Wildman–Crippen MR) is 135 cm³/mol. The number of para-hydroxylation sites is 1. The molecular weight excluding hydrogens is 450 g/mol. The van der Waals surface area contributed by atoms with Gasteiger partial charge in [-0.1, -0.05) is 41.9 Å². The third-order valence-corrected chi connectivity index (χ3v) is 6.56. The molecule has 1 heterocycles. The SMILES string of the molecule is COCCCN(CC(=O)N(CCc1c[nH]c2ccccc12)Cc1ccc(Cl)cc1)C(=O)C1CC1. The number of carbonyl (C=O) groups excluding carboxylic acids is 2. The van der Waals surface area contributed by atoms with Crippen molar-refractivity contribution in [3.63, 3.8) is 0 Å². The highest BCUT2D eigenvalue weighted by Crippen LogP contribution is 2.31. The molecule has 0 spiro atoms. The van der Waals surface area contributed by atoms with Crippen LogP contribution in [0.1, 0.15) is 30.4 Å². The van der Waals surface area contributed by atoms with Crippen molar-refractivity contribution in [2.24, 2.45) is 5.92 Å². The average Bonchev–Trinajstić information content (AvgIpc) is 3.62. The van der Waals surface area contributed by atoms with Crippen molar-refractivity contribution in [3.05, 3.63) is 70.9 Å². The van der Waals surface area contributed by atoms with E-state index >= 15 is 0 Å². The number of ether oxygens (including phenoxy) is 1. The zero-order valence-corrected chi connectivity index (χ0v) is 20.4. The van der Waals surface area contributed by atoms with Crippen LogP contribution >= 0.6 is 11.6 Å². The van der Waals surface area contributed by atoms with Crippen molar-refractivity contribution in [2.75, 3.05) is 33.4 Å². The topological polar surface area (TPSA) is 65.6 Å². The minimum Gasteiger partial charge on any atom is -0.385 e. The molecule has 1 aliphatic carbocycles. The molecule has 7 heteroatoms. The molecule has 1 aliphatic rings. The summed E-state index contributed by atoms with van der Waals surface area (Å²) in [6.45, 7) is 2.24. The summed E-state index contributed by atoms with van der Waals surface area (Å²) >= 11 is 6.06. The van der Waals surface area contributed by atoms with Crippen molar-refractivity contribution in [1.29, 1.82) is 0 Å². The van der Waals surface area contributed by atoms with Gasteiger partial charge in [-0.25, -0.2) is 0 Å². The maximum atomic E-state index is 13.5. The third-order valence-electron chi connectivity index (χ3n) is 6.31. The number of benzene rings is 2. The van der Waals surface area contributed by atoms with Crippen LogP contribution in [-0.2, 0) is 27.3 Å². The molecule has 0 bridgehead atoms. The van der Waals surface area contributed by atoms with Gasteiger partial charge in [-0.3, -0.25) is 9.59 Å². The summed E-state index contributed by atoms with van der Waals surface area (Å²) in [4.78, 5) is 33.2. The van der Waals surface area contributed by atoms with Crippen LogP contribution in [0.15, 0.2) is 54.7 Å². The molecule has 0 saturated heterocycles. The van der Waals surface area contributed by atoms with E-state index in [2.05, 4.69) is 17.1 Å². The van der Waals surface area contributed by atoms with Gasteiger partial charge in [-0.2, -0.15) is 0 Å². The fourth-order valence-corrected chi connectivity index (χ4v) is 4.34. The molecule has 0 radical (unpaired) electrons. The van der Waals surface area contributed by atoms with E-state index in [4.69, 9.17) is 16.3 Å². The van der Waals surface area contributed by atoms with E-state index in [9.17, 15) is 9.59 Å². The molecule has 2 aromatic carbocycles. The molecule has 3 aromatic rings.